The molecule has 1 N–H and O–H groups in total. The van der Waals surface area contributed by atoms with E-state index in [0.29, 0.717) is 5.69 Å². The van der Waals surface area contributed by atoms with Gasteiger partial charge in [0.05, 0.1) is 30.2 Å². The highest BCUT2D eigenvalue weighted by atomic mass is 19.1. The Balaban J connectivity index is 1.77. The second kappa shape index (κ2) is 3.99. The summed E-state index contributed by atoms with van der Waals surface area (Å²) in [5.74, 6) is -2.52. The van der Waals surface area contributed by atoms with Gasteiger partial charge in [0, 0.05) is 0 Å². The molecule has 0 saturated carbocycles. The highest BCUT2D eigenvalue weighted by molar-refractivity contribution is 6.23. The summed E-state index contributed by atoms with van der Waals surface area (Å²) in [6.45, 7) is -0.350. The van der Waals surface area contributed by atoms with E-state index in [-0.39, 0.29) is 12.5 Å². The zero-order valence-corrected chi connectivity index (χ0v) is 10.9. The lowest BCUT2D eigenvalue weighted by Crippen LogP contribution is -2.43. The van der Waals surface area contributed by atoms with Crippen LogP contribution in [0, 0.1) is 17.7 Å². The molecule has 4 atom stereocenters. The molecule has 0 spiro atoms. The second-order valence-corrected chi connectivity index (χ2v) is 5.55. The average Bonchev–Trinajstić information content (AvgIpc) is 3.12. The maximum absolute atomic E-state index is 13.0. The van der Waals surface area contributed by atoms with Gasteiger partial charge in [-0.3, -0.25) is 9.59 Å². The minimum Gasteiger partial charge on any atom is -0.393 e. The van der Waals surface area contributed by atoms with Crippen LogP contribution in [0.3, 0.4) is 0 Å². The number of imide groups is 1. The second-order valence-electron chi connectivity index (χ2n) is 5.55. The van der Waals surface area contributed by atoms with Crippen molar-refractivity contribution in [3.63, 3.8) is 0 Å². The van der Waals surface area contributed by atoms with Crippen LogP contribution < -0.4 is 4.90 Å². The topological polar surface area (TPSA) is 66.8 Å². The van der Waals surface area contributed by atoms with Crippen LogP contribution in [-0.2, 0) is 14.3 Å². The molecule has 2 amide bonds. The van der Waals surface area contributed by atoms with Crippen LogP contribution in [0.15, 0.2) is 36.4 Å². The van der Waals surface area contributed by atoms with Crippen molar-refractivity contribution in [2.24, 2.45) is 11.8 Å². The summed E-state index contributed by atoms with van der Waals surface area (Å²) in [4.78, 5) is 26.2. The lowest BCUT2D eigenvalue weighted by atomic mass is 9.77. The Morgan fingerprint density at radius 3 is 2.62 bits per heavy atom. The molecule has 0 aromatic heterocycles. The molecular formula is C15H12FNO4. The Labute approximate surface area is 119 Å². The summed E-state index contributed by atoms with van der Waals surface area (Å²) in [5, 5.41) is 9.58. The number of carbonyl (C=O) groups excluding carboxylic acids is 2. The van der Waals surface area contributed by atoms with E-state index >= 15 is 0 Å². The standard InChI is InChI=1S/C15H12FNO4/c16-8-1-3-9(4-2-8)17-13(19)11-10-5-6-15(7-18,21-10)12(11)14(17)20/h1-6,10-12,18H,7H2/t10-,11+,12+,15-/m1/s1. The maximum atomic E-state index is 13.0. The van der Waals surface area contributed by atoms with Gasteiger partial charge < -0.3 is 9.84 Å². The SMILES string of the molecule is O=C1[C@@H]2[C@@H](C(=O)N1c1ccc(F)cc1)[C@]1(CO)C=C[C@H]2O1. The Morgan fingerprint density at radius 1 is 1.24 bits per heavy atom. The van der Waals surface area contributed by atoms with E-state index in [1.54, 1.807) is 12.2 Å². The normalized spacial score (nSPS) is 36.7. The minimum atomic E-state index is -1.10. The van der Waals surface area contributed by atoms with Crippen molar-refractivity contribution in [2.75, 3.05) is 11.5 Å². The number of nitrogens with zero attached hydrogens (tertiary/aromatic N) is 1. The zero-order valence-electron chi connectivity index (χ0n) is 10.9. The third kappa shape index (κ3) is 1.46. The summed E-state index contributed by atoms with van der Waals surface area (Å²) >= 11 is 0. The van der Waals surface area contributed by atoms with Gasteiger partial charge in [0.15, 0.2) is 0 Å². The van der Waals surface area contributed by atoms with Crippen LogP contribution >= 0.6 is 0 Å². The van der Waals surface area contributed by atoms with Crippen LogP contribution in [0.5, 0.6) is 0 Å². The van der Waals surface area contributed by atoms with Gasteiger partial charge in [-0.2, -0.15) is 0 Å². The van der Waals surface area contributed by atoms with Crippen LogP contribution in [0.25, 0.3) is 0 Å². The van der Waals surface area contributed by atoms with Gasteiger partial charge in [0.1, 0.15) is 11.4 Å². The third-order valence-corrected chi connectivity index (χ3v) is 4.49. The zero-order chi connectivity index (χ0) is 14.8. The molecule has 108 valence electrons. The van der Waals surface area contributed by atoms with Gasteiger partial charge >= 0.3 is 0 Å². The Hall–Kier alpha value is -2.05. The van der Waals surface area contributed by atoms with Gasteiger partial charge in [-0.25, -0.2) is 9.29 Å². The lowest BCUT2D eigenvalue weighted by Gasteiger charge is -2.26. The summed E-state index contributed by atoms with van der Waals surface area (Å²) in [6, 6.07) is 5.20. The fraction of sp³-hybridized carbons (Fsp3) is 0.333. The van der Waals surface area contributed by atoms with E-state index in [4.69, 9.17) is 4.74 Å². The first kappa shape index (κ1) is 12.7. The fourth-order valence-electron chi connectivity index (χ4n) is 3.53. The van der Waals surface area contributed by atoms with Crippen molar-refractivity contribution in [3.05, 3.63) is 42.2 Å². The molecule has 21 heavy (non-hydrogen) atoms. The largest absolute Gasteiger partial charge is 0.393 e. The molecule has 1 aromatic carbocycles. The quantitative estimate of drug-likeness (QED) is 0.640. The maximum Gasteiger partial charge on any atom is 0.241 e. The van der Waals surface area contributed by atoms with E-state index < -0.39 is 35.3 Å². The first-order valence-corrected chi connectivity index (χ1v) is 6.69. The predicted octanol–water partition coefficient (Wildman–Crippen LogP) is 0.631. The van der Waals surface area contributed by atoms with Crippen LogP contribution in [-0.4, -0.2) is 35.2 Å². The molecule has 2 fully saturated rings. The molecule has 3 heterocycles. The Bertz CT molecular complexity index is 671. The number of anilines is 1. The van der Waals surface area contributed by atoms with Crippen molar-refractivity contribution in [2.45, 2.75) is 11.7 Å². The molecule has 3 aliphatic rings. The molecule has 5 nitrogen and oxygen atoms in total. The number of ether oxygens (including phenoxy) is 1. The number of carbonyl (C=O) groups is 2. The first-order valence-electron chi connectivity index (χ1n) is 6.69. The number of hydrogen-bond acceptors (Lipinski definition) is 4. The lowest BCUT2D eigenvalue weighted by molar-refractivity contribution is -0.128. The van der Waals surface area contributed by atoms with Gasteiger partial charge in [0.25, 0.3) is 0 Å². The third-order valence-electron chi connectivity index (χ3n) is 4.49. The summed E-state index contributed by atoms with van der Waals surface area (Å²) < 4.78 is 18.6. The van der Waals surface area contributed by atoms with E-state index in [1.165, 1.54) is 24.3 Å². The molecular weight excluding hydrogens is 277 g/mol. The van der Waals surface area contributed by atoms with Crippen LogP contribution in [0.2, 0.25) is 0 Å². The summed E-state index contributed by atoms with van der Waals surface area (Å²) in [7, 11) is 0. The van der Waals surface area contributed by atoms with Gasteiger partial charge in [-0.1, -0.05) is 12.2 Å². The number of halogens is 1. The van der Waals surface area contributed by atoms with Crippen molar-refractivity contribution < 1.29 is 23.8 Å². The molecule has 6 heteroatoms. The molecule has 1 aromatic rings. The van der Waals surface area contributed by atoms with Crippen LogP contribution in [0.1, 0.15) is 0 Å². The molecule has 0 aliphatic carbocycles. The van der Waals surface area contributed by atoms with E-state index in [0.717, 1.165) is 4.90 Å². The molecule has 4 rings (SSSR count). The van der Waals surface area contributed by atoms with Crippen molar-refractivity contribution in [1.29, 1.82) is 0 Å². The molecule has 0 unspecified atom stereocenters. The van der Waals surface area contributed by atoms with Gasteiger partial charge in [-0.15, -0.1) is 0 Å². The number of aliphatic hydroxyl groups excluding tert-OH is 1. The van der Waals surface area contributed by atoms with E-state index in [9.17, 15) is 19.1 Å². The van der Waals surface area contributed by atoms with Crippen molar-refractivity contribution in [1.82, 2.24) is 0 Å². The number of hydrogen-bond donors (Lipinski definition) is 1. The Kier molecular flexibility index (Phi) is 2.41. The monoisotopic (exact) mass is 289 g/mol. The fourth-order valence-corrected chi connectivity index (χ4v) is 3.53. The number of fused-ring (bicyclic) bond motifs is 5. The van der Waals surface area contributed by atoms with Gasteiger partial charge in [0.2, 0.25) is 11.8 Å². The number of rotatable bonds is 2. The molecule has 0 radical (unpaired) electrons. The first-order chi connectivity index (χ1) is 10.1. The van der Waals surface area contributed by atoms with E-state index in [2.05, 4.69) is 0 Å². The van der Waals surface area contributed by atoms with Crippen molar-refractivity contribution >= 4 is 17.5 Å². The summed E-state index contributed by atoms with van der Waals surface area (Å²) in [5.41, 5.74) is -0.759. The van der Waals surface area contributed by atoms with E-state index in [1.807, 2.05) is 0 Å². The highest BCUT2D eigenvalue weighted by Gasteiger charge is 2.67. The average molecular weight is 289 g/mol. The predicted molar refractivity (Wildman–Crippen MR) is 69.7 cm³/mol. The summed E-state index contributed by atoms with van der Waals surface area (Å²) in [6.07, 6.45) is 2.90. The minimum absolute atomic E-state index is 0.341. The number of aliphatic hydroxyl groups is 1. The smallest absolute Gasteiger partial charge is 0.241 e. The van der Waals surface area contributed by atoms with Gasteiger partial charge in [-0.05, 0) is 24.3 Å². The molecule has 2 saturated heterocycles. The highest BCUT2D eigenvalue weighted by Crippen LogP contribution is 2.52. The van der Waals surface area contributed by atoms with Crippen molar-refractivity contribution in [3.8, 4) is 0 Å². The molecule has 2 bridgehead atoms. The number of benzene rings is 1. The number of amides is 2. The Morgan fingerprint density at radius 2 is 1.95 bits per heavy atom. The van der Waals surface area contributed by atoms with Crippen LogP contribution in [0.4, 0.5) is 10.1 Å². The molecule has 3 aliphatic heterocycles.